The lowest BCUT2D eigenvalue weighted by molar-refractivity contribution is -0.133. The van der Waals surface area contributed by atoms with Crippen LogP contribution in [-0.2, 0) is 19.6 Å². The zero-order valence-corrected chi connectivity index (χ0v) is 17.6. The molecule has 0 unspecified atom stereocenters. The summed E-state index contributed by atoms with van der Waals surface area (Å²) < 4.78 is 32.2. The zero-order chi connectivity index (χ0) is 20.6. The predicted molar refractivity (Wildman–Crippen MR) is 105 cm³/mol. The number of nitrogens with one attached hydrogen (secondary N) is 1. The first-order valence-electron chi connectivity index (χ1n) is 9.08. The number of halogens is 1. The number of hydrogen-bond donors (Lipinski definition) is 1. The Hall–Kier alpha value is -1.84. The van der Waals surface area contributed by atoms with Crippen LogP contribution in [0.2, 0.25) is 5.02 Å². The molecule has 0 bridgehead atoms. The Morgan fingerprint density at radius 2 is 1.96 bits per heavy atom. The number of carbonyl (C=O) groups is 2. The second-order valence-corrected chi connectivity index (χ2v) is 10.0. The largest absolute Gasteiger partial charge is 0.482 e. The quantitative estimate of drug-likeness (QED) is 0.787. The minimum atomic E-state index is -4.02. The Kier molecular flexibility index (Phi) is 5.88. The summed E-state index contributed by atoms with van der Waals surface area (Å²) >= 11 is 6.15. The fraction of sp³-hybridized carbons (Fsp3) is 0.556. The second kappa shape index (κ2) is 7.88. The molecule has 0 aromatic heterocycles. The Bertz CT molecular complexity index is 895. The van der Waals surface area contributed by atoms with Gasteiger partial charge in [-0.15, -0.1) is 0 Å². The lowest BCUT2D eigenvalue weighted by Crippen LogP contribution is -2.47. The van der Waals surface area contributed by atoms with E-state index in [-0.39, 0.29) is 40.6 Å². The fourth-order valence-corrected chi connectivity index (χ4v) is 5.32. The van der Waals surface area contributed by atoms with Crippen molar-refractivity contribution >= 4 is 39.1 Å². The number of benzene rings is 1. The van der Waals surface area contributed by atoms with Crippen LogP contribution in [0.3, 0.4) is 0 Å². The van der Waals surface area contributed by atoms with E-state index in [0.717, 1.165) is 10.7 Å². The van der Waals surface area contributed by atoms with Crippen molar-refractivity contribution in [2.24, 2.45) is 11.8 Å². The third-order valence-electron chi connectivity index (χ3n) is 4.93. The molecule has 1 fully saturated rings. The van der Waals surface area contributed by atoms with Crippen LogP contribution in [0.1, 0.15) is 20.3 Å². The number of nitrogens with zero attached hydrogens (tertiary/aromatic N) is 2. The summed E-state index contributed by atoms with van der Waals surface area (Å²) in [6.07, 6.45) is 1.05. The van der Waals surface area contributed by atoms with E-state index in [1.807, 2.05) is 0 Å². The predicted octanol–water partition coefficient (Wildman–Crippen LogP) is 1.80. The van der Waals surface area contributed by atoms with E-state index in [4.69, 9.17) is 16.3 Å². The maximum Gasteiger partial charge on any atom is 0.262 e. The molecule has 3 rings (SSSR count). The molecule has 1 saturated heterocycles. The van der Waals surface area contributed by atoms with E-state index < -0.39 is 10.0 Å². The average Bonchev–Trinajstić information content (AvgIpc) is 2.59. The highest BCUT2D eigenvalue weighted by atomic mass is 35.5. The van der Waals surface area contributed by atoms with Gasteiger partial charge in [0.05, 0.1) is 17.3 Å². The van der Waals surface area contributed by atoms with Crippen LogP contribution in [0.4, 0.5) is 5.69 Å². The average molecular weight is 430 g/mol. The topological polar surface area (TPSA) is 96.0 Å². The summed E-state index contributed by atoms with van der Waals surface area (Å²) in [5, 5.41) is 2.52. The lowest BCUT2D eigenvalue weighted by Gasteiger charge is -2.35. The molecule has 28 heavy (non-hydrogen) atoms. The molecule has 2 heterocycles. The highest BCUT2D eigenvalue weighted by molar-refractivity contribution is 7.89. The van der Waals surface area contributed by atoms with Gasteiger partial charge in [-0.3, -0.25) is 9.59 Å². The Morgan fingerprint density at radius 3 is 2.61 bits per heavy atom. The van der Waals surface area contributed by atoms with Gasteiger partial charge in [-0.05, 0) is 24.3 Å². The summed E-state index contributed by atoms with van der Waals surface area (Å²) in [5.74, 6) is 0.420. The highest BCUT2D eigenvalue weighted by Crippen LogP contribution is 2.36. The minimum absolute atomic E-state index is 0.0518. The number of piperidine rings is 1. The third-order valence-corrected chi connectivity index (χ3v) is 7.20. The summed E-state index contributed by atoms with van der Waals surface area (Å²) in [7, 11) is -2.67. The molecule has 0 radical (unpaired) electrons. The van der Waals surface area contributed by atoms with E-state index in [1.165, 1.54) is 19.2 Å². The van der Waals surface area contributed by atoms with Gasteiger partial charge in [-0.25, -0.2) is 8.42 Å². The van der Waals surface area contributed by atoms with Crippen LogP contribution < -0.4 is 10.1 Å². The van der Waals surface area contributed by atoms with Gasteiger partial charge in [0.25, 0.3) is 5.91 Å². The highest BCUT2D eigenvalue weighted by Gasteiger charge is 2.31. The van der Waals surface area contributed by atoms with E-state index in [1.54, 1.807) is 4.90 Å². The van der Waals surface area contributed by atoms with Crippen molar-refractivity contribution < 1.29 is 22.7 Å². The van der Waals surface area contributed by atoms with Gasteiger partial charge in [-0.1, -0.05) is 25.4 Å². The molecule has 0 saturated carbocycles. The number of ether oxygens (including phenoxy) is 1. The van der Waals surface area contributed by atoms with Crippen LogP contribution in [0.15, 0.2) is 17.0 Å². The number of fused-ring (bicyclic) bond motifs is 1. The number of amides is 2. The van der Waals surface area contributed by atoms with Crippen molar-refractivity contribution in [2.45, 2.75) is 25.2 Å². The molecule has 2 atom stereocenters. The van der Waals surface area contributed by atoms with Gasteiger partial charge in [-0.2, -0.15) is 4.31 Å². The van der Waals surface area contributed by atoms with Crippen LogP contribution >= 0.6 is 11.6 Å². The maximum absolute atomic E-state index is 13.0. The molecule has 154 valence electrons. The third kappa shape index (κ3) is 4.26. The molecule has 8 nitrogen and oxygen atoms in total. The van der Waals surface area contributed by atoms with Gasteiger partial charge in [0, 0.05) is 26.2 Å². The summed E-state index contributed by atoms with van der Waals surface area (Å²) in [6.45, 7) is 4.96. The van der Waals surface area contributed by atoms with Crippen LogP contribution in [-0.4, -0.2) is 62.7 Å². The summed E-state index contributed by atoms with van der Waals surface area (Å²) in [5.41, 5.74) is 0.315. The molecule has 0 spiro atoms. The summed E-state index contributed by atoms with van der Waals surface area (Å²) in [4.78, 5) is 25.6. The first-order valence-corrected chi connectivity index (χ1v) is 10.9. The van der Waals surface area contributed by atoms with Gasteiger partial charge in [0.1, 0.15) is 10.6 Å². The van der Waals surface area contributed by atoms with Crippen LogP contribution in [0.5, 0.6) is 5.75 Å². The smallest absolute Gasteiger partial charge is 0.262 e. The molecular formula is C18H24ClN3O5S. The molecule has 2 aliphatic heterocycles. The molecule has 1 N–H and O–H groups in total. The van der Waals surface area contributed by atoms with E-state index in [2.05, 4.69) is 19.2 Å². The van der Waals surface area contributed by atoms with E-state index in [0.29, 0.717) is 30.6 Å². The number of likely N-dealkylation sites (tertiary alicyclic amines) is 1. The molecule has 2 aliphatic rings. The minimum Gasteiger partial charge on any atom is -0.482 e. The lowest BCUT2D eigenvalue weighted by atomic mass is 9.92. The number of anilines is 1. The van der Waals surface area contributed by atoms with Crippen LogP contribution in [0.25, 0.3) is 0 Å². The van der Waals surface area contributed by atoms with Crippen molar-refractivity contribution in [2.75, 3.05) is 38.6 Å². The van der Waals surface area contributed by atoms with E-state index in [9.17, 15) is 18.0 Å². The molecule has 2 amide bonds. The number of likely N-dealkylation sites (N-methyl/N-ethyl adjacent to an activating group) is 1. The molecule has 1 aromatic carbocycles. The number of rotatable bonds is 4. The molecule has 10 heteroatoms. The standard InChI is InChI=1S/C18H24ClN3O5S/c1-11-4-12(2)8-22(7-11)18(24)9-21(3)28(25,26)16-6-15-14(5-13(16)19)20-17(23)10-27-15/h5-6,11-12H,4,7-10H2,1-3H3,(H,20,23)/t11-,12+. The van der Waals surface area contributed by atoms with Crippen molar-refractivity contribution in [1.82, 2.24) is 9.21 Å². The van der Waals surface area contributed by atoms with Crippen molar-refractivity contribution in [3.8, 4) is 5.75 Å². The van der Waals surface area contributed by atoms with Gasteiger partial charge in [0.2, 0.25) is 15.9 Å². The van der Waals surface area contributed by atoms with E-state index >= 15 is 0 Å². The first kappa shape index (κ1) is 20.9. The molecule has 1 aromatic rings. The second-order valence-electron chi connectivity index (χ2n) is 7.62. The molecule has 0 aliphatic carbocycles. The van der Waals surface area contributed by atoms with Crippen molar-refractivity contribution in [3.63, 3.8) is 0 Å². The molecular weight excluding hydrogens is 406 g/mol. The number of sulfonamides is 1. The zero-order valence-electron chi connectivity index (χ0n) is 16.1. The number of hydrogen-bond acceptors (Lipinski definition) is 5. The monoisotopic (exact) mass is 429 g/mol. The first-order chi connectivity index (χ1) is 13.1. The fourth-order valence-electron chi connectivity index (χ4n) is 3.69. The Labute approximate surface area is 169 Å². The van der Waals surface area contributed by atoms with Gasteiger partial charge >= 0.3 is 0 Å². The Balaban J connectivity index is 1.79. The summed E-state index contributed by atoms with van der Waals surface area (Å²) in [6, 6.07) is 2.61. The maximum atomic E-state index is 13.0. The normalized spacial score (nSPS) is 22.5. The van der Waals surface area contributed by atoms with Gasteiger partial charge in [0.15, 0.2) is 6.61 Å². The van der Waals surface area contributed by atoms with Crippen molar-refractivity contribution in [1.29, 1.82) is 0 Å². The van der Waals surface area contributed by atoms with Crippen LogP contribution in [0, 0.1) is 11.8 Å². The number of carbonyl (C=O) groups excluding carboxylic acids is 2. The Morgan fingerprint density at radius 1 is 1.32 bits per heavy atom. The SMILES string of the molecule is C[C@@H]1C[C@H](C)CN(C(=O)CN(C)S(=O)(=O)c2cc3c(cc2Cl)NC(=O)CO3)C1. The van der Waals surface area contributed by atoms with Crippen molar-refractivity contribution in [3.05, 3.63) is 17.2 Å². The van der Waals surface area contributed by atoms with Gasteiger partial charge < -0.3 is 15.0 Å².